The number of hydrogen-bond donors (Lipinski definition) is 2. The van der Waals surface area contributed by atoms with Gasteiger partial charge in [-0.05, 0) is 168 Å². The first-order valence-electron chi connectivity index (χ1n) is 20.6. The van der Waals surface area contributed by atoms with Crippen LogP contribution in [0, 0.1) is 57.2 Å². The molecule has 2 bridgehead atoms. The Balaban J connectivity index is 1.04. The van der Waals surface area contributed by atoms with Gasteiger partial charge in [-0.3, -0.25) is 13.9 Å². The summed E-state index contributed by atoms with van der Waals surface area (Å²) in [6.45, 7) is 23.3. The van der Waals surface area contributed by atoms with Crippen LogP contribution in [0.2, 0.25) is 0 Å². The molecule has 2 N–H and O–H groups in total. The number of fused-ring (bicyclic) bond motifs is 9. The van der Waals surface area contributed by atoms with Gasteiger partial charge in [-0.15, -0.1) is 0 Å². The molecule has 0 aromatic carbocycles. The quantitative estimate of drug-likeness (QED) is 0.206. The van der Waals surface area contributed by atoms with E-state index in [2.05, 4.69) is 76.4 Å². The molecule has 278 valence electrons. The molecule has 6 heteroatoms. The fourth-order valence-corrected chi connectivity index (χ4v) is 17.8. The molecule has 2 saturated heterocycles. The average molecular weight is 705 g/mol. The number of aliphatic carboxylic acids is 1. The van der Waals surface area contributed by atoms with Crippen LogP contribution in [0.5, 0.6) is 0 Å². The van der Waals surface area contributed by atoms with E-state index in [0.29, 0.717) is 46.3 Å². The lowest BCUT2D eigenvalue weighted by molar-refractivity contribution is -0.221. The summed E-state index contributed by atoms with van der Waals surface area (Å²) in [4.78, 5) is 14.3. The highest BCUT2D eigenvalue weighted by Crippen LogP contribution is 2.76. The van der Waals surface area contributed by atoms with E-state index < -0.39 is 15.5 Å². The predicted molar refractivity (Wildman–Crippen MR) is 208 cm³/mol. The summed E-state index contributed by atoms with van der Waals surface area (Å²) in [5.41, 5.74) is 5.65. The maximum Gasteiger partial charge on any atom is 0.306 e. The molecule has 0 aromatic rings. The number of carboxylic acid groups (broad SMARTS) is 1. The van der Waals surface area contributed by atoms with E-state index in [1.165, 1.54) is 74.5 Å². The molecule has 6 aliphatic carbocycles. The van der Waals surface area contributed by atoms with Crippen molar-refractivity contribution in [2.45, 2.75) is 142 Å². The van der Waals surface area contributed by atoms with E-state index in [-0.39, 0.29) is 22.3 Å². The molecule has 2 aliphatic heterocycles. The number of hydrogen-bond acceptors (Lipinski definition) is 4. The summed E-state index contributed by atoms with van der Waals surface area (Å²) in [5, 5.41) is 14.2. The molecule has 0 spiro atoms. The molecule has 8 aliphatic rings. The average Bonchev–Trinajstić information content (AvgIpc) is 3.72. The van der Waals surface area contributed by atoms with Crippen molar-refractivity contribution in [2.75, 3.05) is 25.4 Å². The number of rotatable bonds is 7. The van der Waals surface area contributed by atoms with Crippen molar-refractivity contribution < 1.29 is 14.1 Å². The molecule has 13 atom stereocenters. The molecule has 4 saturated carbocycles. The summed E-state index contributed by atoms with van der Waals surface area (Å²) >= 11 is 0. The molecule has 2 heterocycles. The molecular formula is C44H68N2O3S. The minimum absolute atomic E-state index is 0.106. The van der Waals surface area contributed by atoms with Crippen LogP contribution in [0.15, 0.2) is 35.5 Å². The lowest BCUT2D eigenvalue weighted by Gasteiger charge is -2.72. The van der Waals surface area contributed by atoms with Crippen LogP contribution in [-0.4, -0.2) is 68.3 Å². The first kappa shape index (κ1) is 35.6. The van der Waals surface area contributed by atoms with Crippen LogP contribution in [0.1, 0.15) is 125 Å². The molecular weight excluding hydrogens is 637 g/mol. The number of nitrogens with zero attached hydrogens (tertiary/aromatic N) is 1. The van der Waals surface area contributed by atoms with Gasteiger partial charge in [0, 0.05) is 42.2 Å². The largest absolute Gasteiger partial charge is 0.481 e. The van der Waals surface area contributed by atoms with Gasteiger partial charge in [0.2, 0.25) is 0 Å². The van der Waals surface area contributed by atoms with Crippen molar-refractivity contribution in [3.05, 3.63) is 35.5 Å². The Labute approximate surface area is 304 Å². The van der Waals surface area contributed by atoms with Crippen molar-refractivity contribution in [3.63, 3.8) is 0 Å². The fraction of sp³-hybridized carbons (Fsp3) is 0.818. The summed E-state index contributed by atoms with van der Waals surface area (Å²) in [5.74, 6) is 7.45. The second-order valence-corrected chi connectivity index (χ2v) is 23.1. The first-order valence-corrected chi connectivity index (χ1v) is 22.5. The maximum absolute atomic E-state index is 12.8. The Bertz CT molecular complexity index is 1610. The Kier molecular flexibility index (Phi) is 8.42. The van der Waals surface area contributed by atoms with Gasteiger partial charge in [0.25, 0.3) is 0 Å². The Hall–Kier alpha value is -1.37. The molecule has 0 aromatic heterocycles. The van der Waals surface area contributed by atoms with Crippen molar-refractivity contribution in [1.29, 1.82) is 0 Å². The standard InChI is InChI=1S/C44H68N2O3S/c1-28(2)33-15-20-44(45-23-24-46-26-32-25-31(46)27-50(32,8)49)22-21-42(6)35(38(33)44)13-14-37-41(5)18-16-34(29-9-11-30(12-10-29)39(47)48)40(3,4)36(41)17-19-43(37,42)7/h9,16,30-33,35-38,45H,1,8,10-15,17-27H2,2-7H3,(H,47,48)/t30-,31+,32+,33+,35-,36+,37-,38-,41+,42-,43-,44+,50?/m1/s1. The summed E-state index contributed by atoms with van der Waals surface area (Å²) < 4.78 is 12.8. The van der Waals surface area contributed by atoms with Crippen molar-refractivity contribution >= 4 is 21.4 Å². The number of carboxylic acids is 1. The highest BCUT2D eigenvalue weighted by atomic mass is 32.2. The first-order chi connectivity index (χ1) is 23.5. The zero-order valence-corrected chi connectivity index (χ0v) is 33.1. The third kappa shape index (κ3) is 4.98. The van der Waals surface area contributed by atoms with Crippen molar-refractivity contribution in [2.24, 2.45) is 57.2 Å². The smallest absolute Gasteiger partial charge is 0.306 e. The number of likely N-dealkylation sites (tertiary alicyclic amines) is 1. The minimum Gasteiger partial charge on any atom is -0.481 e. The highest BCUT2D eigenvalue weighted by molar-refractivity contribution is 8.01. The van der Waals surface area contributed by atoms with Gasteiger partial charge in [-0.25, -0.2) is 0 Å². The van der Waals surface area contributed by atoms with E-state index >= 15 is 0 Å². The normalized spacial score (nSPS) is 50.8. The van der Waals surface area contributed by atoms with Gasteiger partial charge in [0.05, 0.1) is 5.92 Å². The lowest BCUT2D eigenvalue weighted by Crippen LogP contribution is -2.68. The van der Waals surface area contributed by atoms with Crippen molar-refractivity contribution in [1.82, 2.24) is 10.2 Å². The predicted octanol–water partition coefficient (Wildman–Crippen LogP) is 8.51. The monoisotopic (exact) mass is 704 g/mol. The second-order valence-electron chi connectivity index (χ2n) is 20.4. The van der Waals surface area contributed by atoms with Gasteiger partial charge in [0.15, 0.2) is 0 Å². The van der Waals surface area contributed by atoms with Crippen LogP contribution >= 0.6 is 0 Å². The van der Waals surface area contributed by atoms with E-state index in [4.69, 9.17) is 0 Å². The highest BCUT2D eigenvalue weighted by Gasteiger charge is 2.70. The number of allylic oxidation sites excluding steroid dienone is 5. The van der Waals surface area contributed by atoms with Crippen molar-refractivity contribution in [3.8, 4) is 0 Å². The third-order valence-electron chi connectivity index (χ3n) is 18.2. The Morgan fingerprint density at radius 3 is 2.42 bits per heavy atom. The minimum atomic E-state index is -1.86. The van der Waals surface area contributed by atoms with E-state index in [1.807, 2.05) is 0 Å². The Morgan fingerprint density at radius 2 is 1.78 bits per heavy atom. The number of nitrogens with one attached hydrogen (secondary N) is 1. The Morgan fingerprint density at radius 1 is 1.00 bits per heavy atom. The number of carbonyl (C=O) groups is 1. The zero-order valence-electron chi connectivity index (χ0n) is 32.3. The van der Waals surface area contributed by atoms with E-state index in [9.17, 15) is 14.1 Å². The van der Waals surface area contributed by atoms with Crippen LogP contribution in [0.4, 0.5) is 0 Å². The third-order valence-corrected chi connectivity index (χ3v) is 20.7. The zero-order chi connectivity index (χ0) is 35.6. The maximum atomic E-state index is 12.8. The fourth-order valence-electron chi connectivity index (χ4n) is 15.5. The van der Waals surface area contributed by atoms with E-state index in [1.54, 1.807) is 0 Å². The second kappa shape index (κ2) is 11.8. The summed E-state index contributed by atoms with van der Waals surface area (Å²) in [6.07, 6.45) is 20.1. The van der Waals surface area contributed by atoms with Crippen LogP contribution in [0.3, 0.4) is 0 Å². The van der Waals surface area contributed by atoms with Crippen LogP contribution in [0.25, 0.3) is 0 Å². The molecule has 0 radical (unpaired) electrons. The molecule has 0 amide bonds. The molecule has 6 fully saturated rings. The van der Waals surface area contributed by atoms with Crippen LogP contribution < -0.4 is 5.32 Å². The SMILES string of the molecule is C=C(C)[C@@H]1CC[C@]2(NCCN3C[C@@H]4C[C@H]3CS4(=C)=O)CC[C@]3(C)[C@H](CC[C@@H]4[C@@]5(C)CC=C(C6=CC[C@@H](C(=O)O)CC6)C(C)(C)[C@@H]5CC[C@]43C)[C@@H]12. The van der Waals surface area contributed by atoms with Gasteiger partial charge in [0.1, 0.15) is 0 Å². The summed E-state index contributed by atoms with van der Waals surface area (Å²) in [6, 6.07) is 0.479. The van der Waals surface area contributed by atoms with Gasteiger partial charge >= 0.3 is 5.97 Å². The topological polar surface area (TPSA) is 69.6 Å². The molecule has 8 rings (SSSR count). The lowest BCUT2D eigenvalue weighted by atomic mass is 9.33. The molecule has 1 unspecified atom stereocenters. The summed E-state index contributed by atoms with van der Waals surface area (Å²) in [7, 11) is -1.86. The molecule has 50 heavy (non-hydrogen) atoms. The van der Waals surface area contributed by atoms with Gasteiger partial charge in [-0.2, -0.15) is 0 Å². The molecule has 5 nitrogen and oxygen atoms in total. The van der Waals surface area contributed by atoms with Crippen LogP contribution in [-0.2, 0) is 14.3 Å². The van der Waals surface area contributed by atoms with Gasteiger partial charge in [-0.1, -0.05) is 58.9 Å². The van der Waals surface area contributed by atoms with E-state index in [0.717, 1.165) is 56.5 Å². The van der Waals surface area contributed by atoms with Gasteiger partial charge < -0.3 is 10.4 Å².